The Morgan fingerprint density at radius 2 is 1.61 bits per heavy atom. The molecule has 0 bridgehead atoms. The van der Waals surface area contributed by atoms with Gasteiger partial charge in [0, 0.05) is 12.6 Å². The van der Waals surface area contributed by atoms with Crippen molar-refractivity contribution in [3.63, 3.8) is 0 Å². The second-order valence-corrected chi connectivity index (χ2v) is 6.36. The van der Waals surface area contributed by atoms with Gasteiger partial charge in [0.25, 0.3) is 0 Å². The maximum atomic E-state index is 10.2. The van der Waals surface area contributed by atoms with Gasteiger partial charge in [-0.05, 0) is 42.9 Å². The number of unbranched alkanes of at least 4 members (excludes halogenated alkanes) is 1. The molecule has 23 heavy (non-hydrogen) atoms. The number of aliphatic hydroxyl groups is 1. The molecule has 0 radical (unpaired) electrons. The molecule has 2 nitrogen and oxygen atoms in total. The first kappa shape index (κ1) is 17.7. The lowest BCUT2D eigenvalue weighted by atomic mass is 10.0. The summed E-state index contributed by atoms with van der Waals surface area (Å²) in [5, 5.41) is 13.6. The van der Waals surface area contributed by atoms with Crippen LogP contribution in [0.1, 0.15) is 49.5 Å². The van der Waals surface area contributed by atoms with E-state index in [1.807, 2.05) is 30.3 Å². The van der Waals surface area contributed by atoms with E-state index in [0.717, 1.165) is 12.0 Å². The van der Waals surface area contributed by atoms with E-state index in [2.05, 4.69) is 43.4 Å². The topological polar surface area (TPSA) is 32.3 Å². The largest absolute Gasteiger partial charge is 0.387 e. The minimum Gasteiger partial charge on any atom is -0.387 e. The van der Waals surface area contributed by atoms with E-state index in [1.54, 1.807) is 0 Å². The molecule has 2 aromatic carbocycles. The molecule has 0 aliphatic heterocycles. The Morgan fingerprint density at radius 1 is 0.957 bits per heavy atom. The predicted molar refractivity (Wildman–Crippen MR) is 97.6 cm³/mol. The van der Waals surface area contributed by atoms with Crippen molar-refractivity contribution in [2.75, 3.05) is 6.54 Å². The van der Waals surface area contributed by atoms with Gasteiger partial charge in [-0.3, -0.25) is 0 Å². The average molecular weight is 311 g/mol. The van der Waals surface area contributed by atoms with Crippen molar-refractivity contribution in [2.45, 2.75) is 51.7 Å². The highest BCUT2D eigenvalue weighted by atomic mass is 16.3. The van der Waals surface area contributed by atoms with Gasteiger partial charge >= 0.3 is 0 Å². The van der Waals surface area contributed by atoms with Crippen LogP contribution < -0.4 is 5.32 Å². The number of nitrogens with one attached hydrogen (secondary N) is 1. The van der Waals surface area contributed by atoms with Gasteiger partial charge in [-0.15, -0.1) is 0 Å². The zero-order valence-corrected chi connectivity index (χ0v) is 14.3. The normalized spacial score (nSPS) is 13.7. The van der Waals surface area contributed by atoms with Crippen molar-refractivity contribution in [3.8, 4) is 0 Å². The van der Waals surface area contributed by atoms with Crippen molar-refractivity contribution < 1.29 is 5.11 Å². The number of rotatable bonds is 9. The fraction of sp³-hybridized carbons (Fsp3) is 0.429. The highest BCUT2D eigenvalue weighted by Gasteiger charge is 2.09. The van der Waals surface area contributed by atoms with Crippen molar-refractivity contribution in [1.29, 1.82) is 0 Å². The zero-order chi connectivity index (χ0) is 16.5. The van der Waals surface area contributed by atoms with Gasteiger partial charge < -0.3 is 10.4 Å². The van der Waals surface area contributed by atoms with Crippen molar-refractivity contribution in [3.05, 3.63) is 71.3 Å². The Morgan fingerprint density at radius 3 is 2.26 bits per heavy atom. The molecule has 2 aromatic rings. The van der Waals surface area contributed by atoms with E-state index in [0.29, 0.717) is 12.6 Å². The maximum Gasteiger partial charge on any atom is 0.0914 e. The third kappa shape index (κ3) is 6.17. The van der Waals surface area contributed by atoms with Crippen LogP contribution >= 0.6 is 0 Å². The van der Waals surface area contributed by atoms with Crippen LogP contribution in [0, 0.1) is 0 Å². The number of aryl methyl sites for hydroxylation is 1. The molecule has 0 saturated heterocycles. The van der Waals surface area contributed by atoms with Crippen LogP contribution in [-0.2, 0) is 12.8 Å². The van der Waals surface area contributed by atoms with Gasteiger partial charge in [0.2, 0.25) is 0 Å². The summed E-state index contributed by atoms with van der Waals surface area (Å²) >= 11 is 0. The first-order valence-corrected chi connectivity index (χ1v) is 8.73. The molecule has 2 atom stereocenters. The smallest absolute Gasteiger partial charge is 0.0914 e. The van der Waals surface area contributed by atoms with Gasteiger partial charge in [0.1, 0.15) is 0 Å². The number of hydrogen-bond acceptors (Lipinski definition) is 2. The minimum absolute atomic E-state index is 0.342. The second kappa shape index (κ2) is 9.49. The summed E-state index contributed by atoms with van der Waals surface area (Å²) in [5.41, 5.74) is 3.74. The van der Waals surface area contributed by atoms with Gasteiger partial charge in [0.15, 0.2) is 0 Å². The molecular formula is C21H29NO. The van der Waals surface area contributed by atoms with Crippen LogP contribution in [0.25, 0.3) is 0 Å². The molecule has 0 aliphatic carbocycles. The maximum absolute atomic E-state index is 10.2. The minimum atomic E-state index is -0.449. The van der Waals surface area contributed by atoms with Crippen molar-refractivity contribution in [2.24, 2.45) is 0 Å². The predicted octanol–water partition coefficient (Wildman–Crippen LogP) is 4.28. The molecule has 0 fully saturated rings. The third-order valence-electron chi connectivity index (χ3n) is 4.23. The Balaban J connectivity index is 1.77. The van der Waals surface area contributed by atoms with Crippen LogP contribution in [0.4, 0.5) is 0 Å². The van der Waals surface area contributed by atoms with E-state index in [-0.39, 0.29) is 0 Å². The molecule has 0 spiro atoms. The zero-order valence-electron chi connectivity index (χ0n) is 14.3. The summed E-state index contributed by atoms with van der Waals surface area (Å²) in [6.07, 6.45) is 4.21. The SMILES string of the molecule is CCCCc1ccc(CC(C)NCC(O)c2ccccc2)cc1. The summed E-state index contributed by atoms with van der Waals surface area (Å²) in [5.74, 6) is 0. The molecule has 0 aliphatic rings. The Bertz CT molecular complexity index is 550. The lowest BCUT2D eigenvalue weighted by Gasteiger charge is -2.17. The molecule has 0 heterocycles. The van der Waals surface area contributed by atoms with Crippen LogP contribution in [0.15, 0.2) is 54.6 Å². The molecule has 124 valence electrons. The second-order valence-electron chi connectivity index (χ2n) is 6.36. The quantitative estimate of drug-likeness (QED) is 0.724. The van der Waals surface area contributed by atoms with Crippen LogP contribution in [0.3, 0.4) is 0 Å². The average Bonchev–Trinajstić information content (AvgIpc) is 2.60. The molecule has 2 unspecified atom stereocenters. The van der Waals surface area contributed by atoms with Gasteiger partial charge in [-0.2, -0.15) is 0 Å². The molecule has 0 amide bonds. The summed E-state index contributed by atoms with van der Waals surface area (Å²) in [7, 11) is 0. The first-order valence-electron chi connectivity index (χ1n) is 8.73. The Kier molecular flexibility index (Phi) is 7.31. The van der Waals surface area contributed by atoms with E-state index in [1.165, 1.54) is 30.4 Å². The highest BCUT2D eigenvalue weighted by Crippen LogP contribution is 2.12. The van der Waals surface area contributed by atoms with Gasteiger partial charge in [-0.25, -0.2) is 0 Å². The lowest BCUT2D eigenvalue weighted by molar-refractivity contribution is 0.170. The Labute approximate surface area is 140 Å². The summed E-state index contributed by atoms with van der Waals surface area (Å²) in [6, 6.07) is 19.1. The number of hydrogen-bond donors (Lipinski definition) is 2. The van der Waals surface area contributed by atoms with E-state index >= 15 is 0 Å². The molecule has 2 heteroatoms. The summed E-state index contributed by atoms with van der Waals surface area (Å²) in [6.45, 7) is 4.98. The van der Waals surface area contributed by atoms with Crippen LogP contribution in [0.2, 0.25) is 0 Å². The highest BCUT2D eigenvalue weighted by molar-refractivity contribution is 5.23. The summed E-state index contributed by atoms with van der Waals surface area (Å²) < 4.78 is 0. The van der Waals surface area contributed by atoms with Crippen LogP contribution in [-0.4, -0.2) is 17.7 Å². The number of aliphatic hydroxyl groups excluding tert-OH is 1. The fourth-order valence-electron chi connectivity index (χ4n) is 2.75. The van der Waals surface area contributed by atoms with Crippen molar-refractivity contribution >= 4 is 0 Å². The standard InChI is InChI=1S/C21H29NO/c1-3-4-8-18-11-13-19(14-12-18)15-17(2)22-16-21(23)20-9-6-5-7-10-20/h5-7,9-14,17,21-23H,3-4,8,15-16H2,1-2H3. The summed E-state index contributed by atoms with van der Waals surface area (Å²) in [4.78, 5) is 0. The Hall–Kier alpha value is -1.64. The molecule has 0 saturated carbocycles. The fourth-order valence-corrected chi connectivity index (χ4v) is 2.75. The molecular weight excluding hydrogens is 282 g/mol. The molecule has 0 aromatic heterocycles. The first-order chi connectivity index (χ1) is 11.2. The molecule has 2 N–H and O–H groups in total. The van der Waals surface area contributed by atoms with E-state index < -0.39 is 6.10 Å². The van der Waals surface area contributed by atoms with E-state index in [4.69, 9.17) is 0 Å². The van der Waals surface area contributed by atoms with E-state index in [9.17, 15) is 5.11 Å². The van der Waals surface area contributed by atoms with Gasteiger partial charge in [-0.1, -0.05) is 67.9 Å². The number of benzene rings is 2. The molecule has 2 rings (SSSR count). The van der Waals surface area contributed by atoms with Crippen LogP contribution in [0.5, 0.6) is 0 Å². The van der Waals surface area contributed by atoms with Gasteiger partial charge in [0.05, 0.1) is 6.10 Å². The lowest BCUT2D eigenvalue weighted by Crippen LogP contribution is -2.32. The third-order valence-corrected chi connectivity index (χ3v) is 4.23. The van der Waals surface area contributed by atoms with Crippen molar-refractivity contribution in [1.82, 2.24) is 5.32 Å². The monoisotopic (exact) mass is 311 g/mol.